The van der Waals surface area contributed by atoms with Crippen molar-refractivity contribution in [3.8, 4) is 56.3 Å². The van der Waals surface area contributed by atoms with Gasteiger partial charge in [0.1, 0.15) is 0 Å². The van der Waals surface area contributed by atoms with Gasteiger partial charge in [0, 0.05) is 33.0 Å². The number of hydrogen-bond acceptors (Lipinski definition) is 3. The molecule has 0 saturated carbocycles. The Morgan fingerprint density at radius 1 is 0.295 bits per heavy atom. The normalized spacial score (nSPS) is 11.2. The van der Waals surface area contributed by atoms with Gasteiger partial charge in [0.15, 0.2) is 5.82 Å². The maximum Gasteiger partial charge on any atom is 0.160 e. The van der Waals surface area contributed by atoms with Crippen LogP contribution in [0.1, 0.15) is 0 Å². The molecule has 0 aliphatic rings. The van der Waals surface area contributed by atoms with E-state index in [0.717, 1.165) is 67.2 Å². The summed E-state index contributed by atoms with van der Waals surface area (Å²) in [6.07, 6.45) is 0. The predicted molar refractivity (Wildman–Crippen MR) is 182 cm³/mol. The molecule has 8 rings (SSSR count). The number of pyridine rings is 1. The van der Waals surface area contributed by atoms with E-state index < -0.39 is 0 Å². The lowest BCUT2D eigenvalue weighted by Crippen LogP contribution is -1.95. The van der Waals surface area contributed by atoms with Crippen molar-refractivity contribution in [2.45, 2.75) is 0 Å². The Morgan fingerprint density at radius 2 is 0.864 bits per heavy atom. The van der Waals surface area contributed by atoms with Crippen LogP contribution in [0.15, 0.2) is 164 Å². The van der Waals surface area contributed by atoms with Gasteiger partial charge in [0.05, 0.1) is 22.6 Å². The first-order valence-corrected chi connectivity index (χ1v) is 14.8. The van der Waals surface area contributed by atoms with Gasteiger partial charge in [-0.05, 0) is 34.7 Å². The fraction of sp³-hybridized carbons (Fsp3) is 0. The zero-order valence-corrected chi connectivity index (χ0v) is 23.9. The van der Waals surface area contributed by atoms with Gasteiger partial charge in [0.2, 0.25) is 0 Å². The first-order chi connectivity index (χ1) is 21.8. The van der Waals surface area contributed by atoms with Crippen molar-refractivity contribution in [3.63, 3.8) is 0 Å². The molecule has 0 unspecified atom stereocenters. The van der Waals surface area contributed by atoms with Crippen molar-refractivity contribution in [2.75, 3.05) is 0 Å². The summed E-state index contributed by atoms with van der Waals surface area (Å²) in [5.41, 5.74) is 10.3. The van der Waals surface area contributed by atoms with Gasteiger partial charge in [-0.3, -0.25) is 0 Å². The molecule has 0 saturated heterocycles. The third-order valence-corrected chi connectivity index (χ3v) is 8.08. The van der Waals surface area contributed by atoms with Crippen LogP contribution in [0.5, 0.6) is 0 Å². The standard InChI is InChI=1S/C41H27N3/c1-3-11-30(12-4-1)38-27-39(44-41(43-38)33-13-5-2-6-14-33)31-21-18-28(19-22-31)34-15-9-16-35(26-34)37-25-24-32-23-20-29-10-7-8-17-36(29)40(32)42-37/h1-27H. The highest BCUT2D eigenvalue weighted by Crippen LogP contribution is 2.32. The molecular weight excluding hydrogens is 534 g/mol. The first-order valence-electron chi connectivity index (χ1n) is 14.8. The van der Waals surface area contributed by atoms with Crippen molar-refractivity contribution < 1.29 is 0 Å². The topological polar surface area (TPSA) is 38.7 Å². The second kappa shape index (κ2) is 11.0. The van der Waals surface area contributed by atoms with Gasteiger partial charge in [-0.1, -0.05) is 146 Å². The molecule has 0 spiro atoms. The molecule has 2 aromatic heterocycles. The SMILES string of the molecule is c1ccc(-c2cc(-c3ccc(-c4cccc(-c5ccc6ccc7ccccc7c6n5)c4)cc3)nc(-c3ccccc3)n2)cc1. The van der Waals surface area contributed by atoms with E-state index in [1.807, 2.05) is 36.4 Å². The molecule has 0 aliphatic carbocycles. The van der Waals surface area contributed by atoms with Crippen LogP contribution in [0.25, 0.3) is 78.0 Å². The van der Waals surface area contributed by atoms with Crippen LogP contribution in [0.3, 0.4) is 0 Å². The average molecular weight is 562 g/mol. The number of fused-ring (bicyclic) bond motifs is 3. The molecule has 3 nitrogen and oxygen atoms in total. The van der Waals surface area contributed by atoms with Crippen LogP contribution >= 0.6 is 0 Å². The Bertz CT molecular complexity index is 2200. The minimum Gasteiger partial charge on any atom is -0.247 e. The first kappa shape index (κ1) is 25.8. The van der Waals surface area contributed by atoms with Crippen LogP contribution in [0, 0.1) is 0 Å². The summed E-state index contributed by atoms with van der Waals surface area (Å²) in [6, 6.07) is 56.8. The molecule has 44 heavy (non-hydrogen) atoms. The minimum atomic E-state index is 0.717. The van der Waals surface area contributed by atoms with Gasteiger partial charge in [-0.15, -0.1) is 0 Å². The second-order valence-corrected chi connectivity index (χ2v) is 10.9. The van der Waals surface area contributed by atoms with Crippen LogP contribution in [-0.2, 0) is 0 Å². The van der Waals surface area contributed by atoms with E-state index in [-0.39, 0.29) is 0 Å². The second-order valence-electron chi connectivity index (χ2n) is 10.9. The fourth-order valence-corrected chi connectivity index (χ4v) is 5.78. The molecular formula is C41H27N3. The number of hydrogen-bond donors (Lipinski definition) is 0. The van der Waals surface area contributed by atoms with Crippen molar-refractivity contribution in [2.24, 2.45) is 0 Å². The molecule has 6 aromatic carbocycles. The maximum atomic E-state index is 5.11. The van der Waals surface area contributed by atoms with Crippen LogP contribution in [0.2, 0.25) is 0 Å². The Morgan fingerprint density at radius 3 is 1.64 bits per heavy atom. The summed E-state index contributed by atoms with van der Waals surface area (Å²) in [5.74, 6) is 0.717. The van der Waals surface area contributed by atoms with E-state index in [9.17, 15) is 0 Å². The summed E-state index contributed by atoms with van der Waals surface area (Å²) < 4.78 is 0. The van der Waals surface area contributed by atoms with Gasteiger partial charge in [-0.2, -0.15) is 0 Å². The third kappa shape index (κ3) is 4.91. The Hall–Kier alpha value is -5.93. The highest BCUT2D eigenvalue weighted by atomic mass is 14.9. The molecule has 0 radical (unpaired) electrons. The van der Waals surface area contributed by atoms with Crippen LogP contribution in [0.4, 0.5) is 0 Å². The number of benzene rings is 6. The number of aromatic nitrogens is 3. The Labute approximate surface area is 256 Å². The van der Waals surface area contributed by atoms with E-state index >= 15 is 0 Å². The lowest BCUT2D eigenvalue weighted by Gasteiger charge is -2.11. The Kier molecular flexibility index (Phi) is 6.47. The van der Waals surface area contributed by atoms with Crippen molar-refractivity contribution in [3.05, 3.63) is 164 Å². The summed E-state index contributed by atoms with van der Waals surface area (Å²) in [7, 11) is 0. The lowest BCUT2D eigenvalue weighted by atomic mass is 9.98. The van der Waals surface area contributed by atoms with Crippen molar-refractivity contribution in [1.29, 1.82) is 0 Å². The molecule has 8 aromatic rings. The maximum absolute atomic E-state index is 5.11. The molecule has 0 aliphatic heterocycles. The third-order valence-electron chi connectivity index (χ3n) is 8.08. The van der Waals surface area contributed by atoms with Crippen LogP contribution in [-0.4, -0.2) is 15.0 Å². The summed E-state index contributed by atoms with van der Waals surface area (Å²) in [5, 5.41) is 3.53. The smallest absolute Gasteiger partial charge is 0.160 e. The minimum absolute atomic E-state index is 0.717. The summed E-state index contributed by atoms with van der Waals surface area (Å²) in [4.78, 5) is 15.0. The molecule has 206 valence electrons. The zero-order chi connectivity index (χ0) is 29.3. The monoisotopic (exact) mass is 561 g/mol. The zero-order valence-electron chi connectivity index (χ0n) is 23.9. The van der Waals surface area contributed by atoms with Gasteiger partial charge in [-0.25, -0.2) is 15.0 Å². The van der Waals surface area contributed by atoms with E-state index in [1.165, 1.54) is 10.8 Å². The Balaban J connectivity index is 1.15. The van der Waals surface area contributed by atoms with E-state index in [4.69, 9.17) is 15.0 Å². The quantitative estimate of drug-likeness (QED) is 0.196. The molecule has 0 fully saturated rings. The van der Waals surface area contributed by atoms with Crippen LogP contribution < -0.4 is 0 Å². The summed E-state index contributed by atoms with van der Waals surface area (Å²) >= 11 is 0. The largest absolute Gasteiger partial charge is 0.247 e. The molecule has 0 N–H and O–H groups in total. The highest BCUT2D eigenvalue weighted by Gasteiger charge is 2.12. The van der Waals surface area contributed by atoms with E-state index in [1.54, 1.807) is 0 Å². The number of rotatable bonds is 5. The predicted octanol–water partition coefficient (Wildman–Crippen LogP) is 10.5. The highest BCUT2D eigenvalue weighted by molar-refractivity contribution is 6.05. The van der Waals surface area contributed by atoms with Gasteiger partial charge >= 0.3 is 0 Å². The summed E-state index contributed by atoms with van der Waals surface area (Å²) in [6.45, 7) is 0. The molecule has 2 heterocycles. The average Bonchev–Trinajstić information content (AvgIpc) is 3.12. The van der Waals surface area contributed by atoms with E-state index in [0.29, 0.717) is 0 Å². The molecule has 0 amide bonds. The van der Waals surface area contributed by atoms with Crippen molar-refractivity contribution >= 4 is 21.7 Å². The van der Waals surface area contributed by atoms with Crippen molar-refractivity contribution in [1.82, 2.24) is 15.0 Å². The van der Waals surface area contributed by atoms with E-state index in [2.05, 4.69) is 127 Å². The lowest BCUT2D eigenvalue weighted by molar-refractivity contribution is 1.18. The molecule has 0 atom stereocenters. The number of nitrogens with zero attached hydrogens (tertiary/aromatic N) is 3. The molecule has 3 heteroatoms. The fourth-order valence-electron chi connectivity index (χ4n) is 5.78. The molecule has 0 bridgehead atoms. The van der Waals surface area contributed by atoms with Gasteiger partial charge in [0.25, 0.3) is 0 Å². The van der Waals surface area contributed by atoms with Gasteiger partial charge < -0.3 is 0 Å².